The van der Waals surface area contributed by atoms with Gasteiger partial charge in [0.25, 0.3) is 5.91 Å². The summed E-state index contributed by atoms with van der Waals surface area (Å²) >= 11 is 6.02. The van der Waals surface area contributed by atoms with E-state index >= 15 is 0 Å². The minimum atomic E-state index is -1.15. The molecule has 5 nitrogen and oxygen atoms in total. The van der Waals surface area contributed by atoms with E-state index in [1.54, 1.807) is 0 Å². The zero-order chi connectivity index (χ0) is 20.5. The fourth-order valence-corrected chi connectivity index (χ4v) is 4.01. The van der Waals surface area contributed by atoms with Crippen molar-refractivity contribution < 1.29 is 18.7 Å². The van der Waals surface area contributed by atoms with E-state index in [9.17, 15) is 13.6 Å². The number of carbonyl (C=O) groups excluding carboxylic acids is 1. The summed E-state index contributed by atoms with van der Waals surface area (Å²) in [5.41, 5.74) is 0.730. The fraction of sp³-hybridized carbons (Fsp3) is 0.333. The van der Waals surface area contributed by atoms with Crippen molar-refractivity contribution in [1.82, 2.24) is 15.1 Å². The van der Waals surface area contributed by atoms with Crippen LogP contribution in [0.4, 0.5) is 8.78 Å². The normalized spacial score (nSPS) is 19.4. The molecule has 1 fully saturated rings. The molecule has 1 aromatic heterocycles. The Balaban J connectivity index is 1.32. The molecule has 0 unspecified atom stereocenters. The molecule has 1 aliphatic carbocycles. The number of nitrogens with one attached hydrogen (secondary N) is 1. The Kier molecular flexibility index (Phi) is 5.41. The number of aromatic hydroxyl groups is 1. The lowest BCUT2D eigenvalue weighted by Gasteiger charge is -2.28. The number of rotatable bonds is 4. The van der Waals surface area contributed by atoms with Crippen LogP contribution in [0, 0.1) is 17.6 Å². The van der Waals surface area contributed by atoms with Gasteiger partial charge in [0.1, 0.15) is 0 Å². The topological polar surface area (TPSA) is 67.2 Å². The van der Waals surface area contributed by atoms with Gasteiger partial charge < -0.3 is 10.4 Å². The first-order valence-electron chi connectivity index (χ1n) is 9.51. The smallest absolute Gasteiger partial charge is 0.251 e. The van der Waals surface area contributed by atoms with E-state index in [-0.39, 0.29) is 5.56 Å². The summed E-state index contributed by atoms with van der Waals surface area (Å²) < 4.78 is 28.8. The molecule has 3 aromatic rings. The van der Waals surface area contributed by atoms with E-state index in [4.69, 9.17) is 16.7 Å². The van der Waals surface area contributed by atoms with E-state index in [1.165, 1.54) is 0 Å². The molecule has 2 aromatic carbocycles. The van der Waals surface area contributed by atoms with E-state index < -0.39 is 23.3 Å². The Morgan fingerprint density at radius 2 is 1.86 bits per heavy atom. The lowest BCUT2D eigenvalue weighted by atomic mass is 9.86. The van der Waals surface area contributed by atoms with Gasteiger partial charge >= 0.3 is 0 Å². The molecule has 0 spiro atoms. The summed E-state index contributed by atoms with van der Waals surface area (Å²) in [5.74, 6) is -3.64. The maximum Gasteiger partial charge on any atom is 0.251 e. The van der Waals surface area contributed by atoms with Crippen LogP contribution in [0.25, 0.3) is 10.9 Å². The molecule has 4 rings (SSSR count). The second-order valence-electron chi connectivity index (χ2n) is 7.49. The highest BCUT2D eigenvalue weighted by Crippen LogP contribution is 2.33. The summed E-state index contributed by atoms with van der Waals surface area (Å²) in [6.45, 7) is 0.437. The van der Waals surface area contributed by atoms with E-state index in [0.717, 1.165) is 48.7 Å². The number of hydrogen-bond donors (Lipinski definition) is 2. The van der Waals surface area contributed by atoms with Crippen LogP contribution in [0.3, 0.4) is 0 Å². The Bertz CT molecular complexity index is 1040. The van der Waals surface area contributed by atoms with Crippen molar-refractivity contribution in [3.8, 4) is 5.75 Å². The third-order valence-electron chi connectivity index (χ3n) is 5.51. The molecule has 1 heterocycles. The van der Waals surface area contributed by atoms with Gasteiger partial charge in [-0.15, -0.1) is 0 Å². The first-order valence-corrected chi connectivity index (χ1v) is 9.89. The van der Waals surface area contributed by atoms with Crippen molar-refractivity contribution >= 4 is 28.4 Å². The number of aromatic nitrogens is 2. The van der Waals surface area contributed by atoms with Gasteiger partial charge in [0, 0.05) is 28.7 Å². The number of phenols is 1. The average molecular weight is 420 g/mol. The molecule has 29 heavy (non-hydrogen) atoms. The van der Waals surface area contributed by atoms with Gasteiger partial charge in [-0.2, -0.15) is 5.10 Å². The minimum absolute atomic E-state index is 0.145. The quantitative estimate of drug-likeness (QED) is 0.636. The van der Waals surface area contributed by atoms with E-state index in [2.05, 4.69) is 10.4 Å². The lowest BCUT2D eigenvalue weighted by Crippen LogP contribution is -2.31. The molecule has 0 atom stereocenters. The summed E-state index contributed by atoms with van der Waals surface area (Å²) in [6, 6.07) is 7.62. The van der Waals surface area contributed by atoms with Crippen LogP contribution in [0.5, 0.6) is 5.75 Å². The van der Waals surface area contributed by atoms with Crippen LogP contribution in [-0.4, -0.2) is 27.3 Å². The molecule has 0 aliphatic heterocycles. The summed E-state index contributed by atoms with van der Waals surface area (Å²) in [6.07, 6.45) is 5.74. The Morgan fingerprint density at radius 3 is 2.55 bits per heavy atom. The number of benzene rings is 2. The number of nitrogens with zero attached hydrogens (tertiary/aromatic N) is 2. The van der Waals surface area contributed by atoms with Gasteiger partial charge in [0.05, 0.1) is 11.6 Å². The second kappa shape index (κ2) is 7.99. The largest absolute Gasteiger partial charge is 0.503 e. The fourth-order valence-electron chi connectivity index (χ4n) is 3.84. The third-order valence-corrected chi connectivity index (χ3v) is 5.74. The summed E-state index contributed by atoms with van der Waals surface area (Å²) in [4.78, 5) is 12.2. The maximum absolute atomic E-state index is 13.4. The third kappa shape index (κ3) is 4.19. The predicted molar refractivity (Wildman–Crippen MR) is 106 cm³/mol. The monoisotopic (exact) mass is 419 g/mol. The molecule has 1 saturated carbocycles. The van der Waals surface area contributed by atoms with Crippen molar-refractivity contribution in [2.75, 3.05) is 6.54 Å². The van der Waals surface area contributed by atoms with Crippen LogP contribution in [-0.2, 0) is 0 Å². The molecule has 1 aliphatic rings. The van der Waals surface area contributed by atoms with Crippen molar-refractivity contribution in [3.05, 3.63) is 58.7 Å². The van der Waals surface area contributed by atoms with Gasteiger partial charge in [0.2, 0.25) is 0 Å². The van der Waals surface area contributed by atoms with Gasteiger partial charge in [-0.3, -0.25) is 9.48 Å². The van der Waals surface area contributed by atoms with Gasteiger partial charge in [0.15, 0.2) is 17.4 Å². The lowest BCUT2D eigenvalue weighted by molar-refractivity contribution is 0.0940. The van der Waals surface area contributed by atoms with Crippen molar-refractivity contribution in [3.63, 3.8) is 0 Å². The van der Waals surface area contributed by atoms with Crippen LogP contribution in [0.15, 0.2) is 36.5 Å². The van der Waals surface area contributed by atoms with Crippen molar-refractivity contribution in [2.24, 2.45) is 5.92 Å². The zero-order valence-corrected chi connectivity index (χ0v) is 16.3. The van der Waals surface area contributed by atoms with Crippen LogP contribution < -0.4 is 5.32 Å². The number of carbonyl (C=O) groups is 1. The molecular weight excluding hydrogens is 400 g/mol. The first kappa shape index (κ1) is 19.6. The number of phenolic OH excluding ortho intramolecular Hbond substituents is 1. The van der Waals surface area contributed by atoms with Crippen LogP contribution in [0.2, 0.25) is 5.02 Å². The van der Waals surface area contributed by atoms with E-state index in [1.807, 2.05) is 29.1 Å². The number of amides is 1. The highest BCUT2D eigenvalue weighted by molar-refractivity contribution is 6.31. The van der Waals surface area contributed by atoms with E-state index in [0.29, 0.717) is 23.5 Å². The minimum Gasteiger partial charge on any atom is -0.503 e. The number of hydrogen-bond acceptors (Lipinski definition) is 3. The maximum atomic E-state index is 13.4. The van der Waals surface area contributed by atoms with Crippen LogP contribution in [0.1, 0.15) is 42.1 Å². The standard InChI is InChI=1S/C21H20ClF2N3O2/c22-15-4-3-13-11-27(26-19(13)9-15)16-5-1-12(2-6-16)10-25-21(29)14-7-17(23)20(28)18(24)8-14/h3-4,7-9,11-12,16,28H,1-2,5-6,10H2,(H,25,29)/t12-,16-. The highest BCUT2D eigenvalue weighted by atomic mass is 35.5. The predicted octanol–water partition coefficient (Wildman–Crippen LogP) is 4.83. The van der Waals surface area contributed by atoms with Gasteiger partial charge in [-0.05, 0) is 61.9 Å². The zero-order valence-electron chi connectivity index (χ0n) is 15.5. The molecule has 152 valence electrons. The Labute approximate surface area is 171 Å². The Hall–Kier alpha value is -2.67. The molecule has 0 radical (unpaired) electrons. The molecule has 8 heteroatoms. The Morgan fingerprint density at radius 1 is 1.17 bits per heavy atom. The second-order valence-corrected chi connectivity index (χ2v) is 7.92. The molecular formula is C21H20ClF2N3O2. The molecule has 0 bridgehead atoms. The average Bonchev–Trinajstić information content (AvgIpc) is 3.13. The molecule has 0 saturated heterocycles. The first-order chi connectivity index (χ1) is 13.9. The van der Waals surface area contributed by atoms with Crippen molar-refractivity contribution in [1.29, 1.82) is 0 Å². The van der Waals surface area contributed by atoms with Gasteiger partial charge in [-0.1, -0.05) is 11.6 Å². The molecule has 2 N–H and O–H groups in total. The van der Waals surface area contributed by atoms with Crippen LogP contribution >= 0.6 is 11.6 Å². The summed E-state index contributed by atoms with van der Waals surface area (Å²) in [7, 11) is 0. The highest BCUT2D eigenvalue weighted by Gasteiger charge is 2.24. The SMILES string of the molecule is O=C(NC[C@H]1CC[C@H](n2cc3ccc(Cl)cc3n2)CC1)c1cc(F)c(O)c(F)c1. The number of fused-ring (bicyclic) bond motifs is 1. The van der Waals surface area contributed by atoms with Crippen molar-refractivity contribution in [2.45, 2.75) is 31.7 Å². The molecule has 1 amide bonds. The van der Waals surface area contributed by atoms with Gasteiger partial charge in [-0.25, -0.2) is 8.78 Å². The summed E-state index contributed by atoms with van der Waals surface area (Å²) in [5, 5.41) is 18.2. The number of halogens is 3.